The van der Waals surface area contributed by atoms with Crippen LogP contribution < -0.4 is 10.2 Å². The summed E-state index contributed by atoms with van der Waals surface area (Å²) in [5.74, 6) is 0.948. The Morgan fingerprint density at radius 3 is 2.90 bits per heavy atom. The fraction of sp³-hybridized carbons (Fsp3) is 0.381. The summed E-state index contributed by atoms with van der Waals surface area (Å²) in [6.45, 7) is 2.22. The van der Waals surface area contributed by atoms with Crippen molar-refractivity contribution >= 4 is 17.5 Å². The highest BCUT2D eigenvalue weighted by Crippen LogP contribution is 2.38. The predicted molar refractivity (Wildman–Crippen MR) is 111 cm³/mol. The highest BCUT2D eigenvalue weighted by Gasteiger charge is 2.29. The number of urea groups is 1. The molecular weight excluding hydrogens is 366 g/mol. The number of anilines is 2. The highest BCUT2D eigenvalue weighted by atomic mass is 16.2. The maximum atomic E-state index is 12.1. The Morgan fingerprint density at radius 1 is 1.21 bits per heavy atom. The molecule has 0 spiro atoms. The fourth-order valence-electron chi connectivity index (χ4n) is 4.40. The first-order chi connectivity index (χ1) is 14.1. The van der Waals surface area contributed by atoms with E-state index in [9.17, 15) is 4.79 Å². The van der Waals surface area contributed by atoms with Gasteiger partial charge in [-0.05, 0) is 36.1 Å². The van der Waals surface area contributed by atoms with Crippen LogP contribution in [0.2, 0.25) is 0 Å². The van der Waals surface area contributed by atoms with Gasteiger partial charge in [-0.3, -0.25) is 9.78 Å². The third kappa shape index (κ3) is 3.04. The Bertz CT molecular complexity index is 1070. The van der Waals surface area contributed by atoms with Crippen LogP contribution in [0.5, 0.6) is 0 Å². The number of rotatable bonds is 2. The van der Waals surface area contributed by atoms with E-state index in [-0.39, 0.29) is 6.03 Å². The largest absolute Gasteiger partial charge is 0.341 e. The minimum Gasteiger partial charge on any atom is -0.341 e. The number of benzene rings is 1. The van der Waals surface area contributed by atoms with Crippen molar-refractivity contribution in [3.63, 3.8) is 0 Å². The monoisotopic (exact) mass is 391 g/mol. The van der Waals surface area contributed by atoms with E-state index in [1.165, 1.54) is 16.8 Å². The molecule has 8 nitrogen and oxygen atoms in total. The van der Waals surface area contributed by atoms with Crippen LogP contribution in [-0.2, 0) is 26.4 Å². The first-order valence-electron chi connectivity index (χ1n) is 10.1. The second-order valence-corrected chi connectivity index (χ2v) is 7.73. The molecule has 2 amide bonds. The number of amides is 2. The van der Waals surface area contributed by atoms with Crippen molar-refractivity contribution < 1.29 is 4.79 Å². The number of hydrogen-bond acceptors (Lipinski definition) is 4. The molecule has 4 heterocycles. The molecule has 150 valence electrons. The zero-order chi connectivity index (χ0) is 20.0. The van der Waals surface area contributed by atoms with Gasteiger partial charge in [0.1, 0.15) is 0 Å². The van der Waals surface area contributed by atoms with Gasteiger partial charge in [0.2, 0.25) is 0 Å². The third-order valence-corrected chi connectivity index (χ3v) is 5.90. The fourth-order valence-corrected chi connectivity index (χ4v) is 4.40. The summed E-state index contributed by atoms with van der Waals surface area (Å²) in [5, 5.41) is 14.9. The molecule has 29 heavy (non-hydrogen) atoms. The highest BCUT2D eigenvalue weighted by molar-refractivity contribution is 5.76. The molecule has 0 radical (unpaired) electrons. The quantitative estimate of drug-likeness (QED) is 0.704. The molecule has 8 heteroatoms. The standard InChI is InChI=1S/C21H25N7O/c1-22-21(29)27-9-7-18-17(13-27)20(25-24-18)28-8-3-4-15-10-14(5-6-19(15)28)16-11-23-26(2)12-16/h5-6,10-12H,3-4,7-9,13H2,1-2H3,(H,22,29)(H,24,25). The van der Waals surface area contributed by atoms with Gasteiger partial charge in [-0.2, -0.15) is 10.2 Å². The first-order valence-corrected chi connectivity index (χ1v) is 10.1. The molecule has 0 atom stereocenters. The molecular formula is C21H25N7O. The Kier molecular flexibility index (Phi) is 4.26. The number of hydrogen-bond donors (Lipinski definition) is 2. The average molecular weight is 391 g/mol. The summed E-state index contributed by atoms with van der Waals surface area (Å²) in [5.41, 5.74) is 7.12. The number of carbonyl (C=O) groups excluding carboxylic acids is 1. The molecule has 1 aromatic carbocycles. The van der Waals surface area contributed by atoms with E-state index in [2.05, 4.69) is 43.7 Å². The van der Waals surface area contributed by atoms with E-state index in [4.69, 9.17) is 0 Å². The number of aryl methyl sites for hydroxylation is 2. The summed E-state index contributed by atoms with van der Waals surface area (Å²) < 4.78 is 1.83. The van der Waals surface area contributed by atoms with E-state index >= 15 is 0 Å². The van der Waals surface area contributed by atoms with Crippen molar-refractivity contribution in [2.24, 2.45) is 7.05 Å². The summed E-state index contributed by atoms with van der Waals surface area (Å²) >= 11 is 0. The van der Waals surface area contributed by atoms with Gasteiger partial charge in [0.15, 0.2) is 5.82 Å². The van der Waals surface area contributed by atoms with Crippen molar-refractivity contribution in [3.8, 4) is 11.1 Å². The number of carbonyl (C=O) groups is 1. The van der Waals surface area contributed by atoms with Crippen LogP contribution in [0.1, 0.15) is 23.2 Å². The molecule has 0 fully saturated rings. The van der Waals surface area contributed by atoms with Gasteiger partial charge in [-0.1, -0.05) is 6.07 Å². The lowest BCUT2D eigenvalue weighted by molar-refractivity contribution is 0.194. The zero-order valence-electron chi connectivity index (χ0n) is 16.8. The minimum atomic E-state index is -0.0389. The minimum absolute atomic E-state index is 0.0389. The Balaban J connectivity index is 1.49. The predicted octanol–water partition coefficient (Wildman–Crippen LogP) is 2.59. The van der Waals surface area contributed by atoms with Crippen LogP contribution in [0.15, 0.2) is 30.6 Å². The molecule has 0 aliphatic carbocycles. The number of nitrogens with one attached hydrogen (secondary N) is 2. The molecule has 0 saturated carbocycles. The summed E-state index contributed by atoms with van der Waals surface area (Å²) in [6, 6.07) is 6.58. The summed E-state index contributed by atoms with van der Waals surface area (Å²) in [4.78, 5) is 16.3. The first kappa shape index (κ1) is 17.8. The van der Waals surface area contributed by atoms with E-state index in [0.29, 0.717) is 13.1 Å². The maximum Gasteiger partial charge on any atom is 0.317 e. The summed E-state index contributed by atoms with van der Waals surface area (Å²) in [6.07, 6.45) is 6.87. The second kappa shape index (κ2) is 6.95. The van der Waals surface area contributed by atoms with Gasteiger partial charge in [0, 0.05) is 62.3 Å². The lowest BCUT2D eigenvalue weighted by atomic mass is 9.96. The molecule has 5 rings (SSSR count). The van der Waals surface area contributed by atoms with Crippen molar-refractivity contribution in [2.45, 2.75) is 25.8 Å². The van der Waals surface area contributed by atoms with Crippen LogP contribution in [0.3, 0.4) is 0 Å². The number of aromatic nitrogens is 4. The molecule has 0 saturated heterocycles. The number of H-pyrrole nitrogens is 1. The van der Waals surface area contributed by atoms with Gasteiger partial charge >= 0.3 is 6.03 Å². The topological polar surface area (TPSA) is 82.1 Å². The van der Waals surface area contributed by atoms with Crippen molar-refractivity contribution in [1.29, 1.82) is 0 Å². The summed E-state index contributed by atoms with van der Waals surface area (Å²) in [7, 11) is 3.61. The van der Waals surface area contributed by atoms with Gasteiger partial charge in [-0.15, -0.1) is 0 Å². The van der Waals surface area contributed by atoms with E-state index in [0.717, 1.165) is 48.4 Å². The van der Waals surface area contributed by atoms with Crippen LogP contribution in [0.4, 0.5) is 16.3 Å². The molecule has 0 bridgehead atoms. The van der Waals surface area contributed by atoms with Gasteiger partial charge in [-0.25, -0.2) is 4.79 Å². The maximum absolute atomic E-state index is 12.1. The van der Waals surface area contributed by atoms with Crippen LogP contribution >= 0.6 is 0 Å². The molecule has 2 aliphatic rings. The average Bonchev–Trinajstić information content (AvgIpc) is 3.38. The van der Waals surface area contributed by atoms with E-state index in [1.807, 2.05) is 29.0 Å². The van der Waals surface area contributed by atoms with E-state index < -0.39 is 0 Å². The number of fused-ring (bicyclic) bond motifs is 2. The van der Waals surface area contributed by atoms with Crippen LogP contribution in [0.25, 0.3) is 11.1 Å². The van der Waals surface area contributed by atoms with Gasteiger partial charge in [0.05, 0.1) is 12.7 Å². The van der Waals surface area contributed by atoms with Gasteiger partial charge < -0.3 is 15.1 Å². The Labute approximate surface area is 169 Å². The molecule has 3 aromatic rings. The Morgan fingerprint density at radius 2 is 2.10 bits per heavy atom. The molecule has 2 aromatic heterocycles. The van der Waals surface area contributed by atoms with Crippen molar-refractivity contribution in [1.82, 2.24) is 30.2 Å². The molecule has 2 N–H and O–H groups in total. The van der Waals surface area contributed by atoms with E-state index in [1.54, 1.807) is 7.05 Å². The van der Waals surface area contributed by atoms with Crippen molar-refractivity contribution in [2.75, 3.05) is 25.0 Å². The number of nitrogens with zero attached hydrogens (tertiary/aromatic N) is 5. The zero-order valence-corrected chi connectivity index (χ0v) is 16.8. The van der Waals surface area contributed by atoms with Crippen molar-refractivity contribution in [3.05, 3.63) is 47.4 Å². The Hall–Kier alpha value is -3.29. The van der Waals surface area contributed by atoms with Crippen LogP contribution in [-0.4, -0.2) is 51.0 Å². The second-order valence-electron chi connectivity index (χ2n) is 7.73. The normalized spacial score (nSPS) is 15.8. The third-order valence-electron chi connectivity index (χ3n) is 5.90. The van der Waals surface area contributed by atoms with Gasteiger partial charge in [0.25, 0.3) is 0 Å². The molecule has 2 aliphatic heterocycles. The molecule has 0 unspecified atom stereocenters. The smallest absolute Gasteiger partial charge is 0.317 e. The lowest BCUT2D eigenvalue weighted by Crippen LogP contribution is -2.41. The van der Waals surface area contributed by atoms with Crippen LogP contribution in [0, 0.1) is 0 Å². The lowest BCUT2D eigenvalue weighted by Gasteiger charge is -2.32. The SMILES string of the molecule is CNC(=O)N1CCc2[nH]nc(N3CCCc4cc(-c5cnn(C)c5)ccc43)c2C1. The number of aromatic amines is 1.